The lowest BCUT2D eigenvalue weighted by atomic mass is 10.0. The highest BCUT2D eigenvalue weighted by atomic mass is 35.5. The van der Waals surface area contributed by atoms with E-state index in [2.05, 4.69) is 24.5 Å². The third-order valence-electron chi connectivity index (χ3n) is 3.05. The number of aryl methyl sites for hydroxylation is 1. The maximum Gasteiger partial charge on any atom is 0.0594 e. The van der Waals surface area contributed by atoms with Crippen molar-refractivity contribution in [3.05, 3.63) is 55.7 Å². The molecule has 19 heavy (non-hydrogen) atoms. The van der Waals surface area contributed by atoms with Crippen molar-refractivity contribution in [3.8, 4) is 0 Å². The van der Waals surface area contributed by atoms with Crippen molar-refractivity contribution in [1.82, 2.24) is 5.43 Å². The number of nitrogens with one attached hydrogen (secondary N) is 1. The Labute approximate surface area is 127 Å². The van der Waals surface area contributed by atoms with Crippen molar-refractivity contribution < 1.29 is 0 Å². The van der Waals surface area contributed by atoms with Crippen LogP contribution in [0.1, 0.15) is 28.3 Å². The molecule has 0 saturated carbocycles. The fourth-order valence-corrected chi connectivity index (χ4v) is 3.51. The molecule has 0 radical (unpaired) electrons. The molecule has 1 atom stereocenters. The van der Waals surface area contributed by atoms with Crippen LogP contribution in [0.15, 0.2) is 30.3 Å². The molecule has 2 rings (SSSR count). The Morgan fingerprint density at radius 1 is 1.21 bits per heavy atom. The molecule has 0 saturated heterocycles. The van der Waals surface area contributed by atoms with Crippen LogP contribution in [0, 0.1) is 0 Å². The minimum atomic E-state index is 0.0303. The lowest BCUT2D eigenvalue weighted by Gasteiger charge is -2.16. The van der Waals surface area contributed by atoms with Crippen molar-refractivity contribution in [2.75, 3.05) is 0 Å². The van der Waals surface area contributed by atoms with Crippen molar-refractivity contribution in [2.24, 2.45) is 5.84 Å². The zero-order valence-electron chi connectivity index (χ0n) is 10.6. The smallest absolute Gasteiger partial charge is 0.0594 e. The number of rotatable bonds is 5. The van der Waals surface area contributed by atoms with Crippen LogP contribution in [-0.4, -0.2) is 0 Å². The van der Waals surface area contributed by atoms with Crippen LogP contribution in [-0.2, 0) is 12.8 Å². The van der Waals surface area contributed by atoms with Gasteiger partial charge in [-0.1, -0.05) is 36.2 Å². The van der Waals surface area contributed by atoms with Gasteiger partial charge in [-0.25, -0.2) is 0 Å². The van der Waals surface area contributed by atoms with Gasteiger partial charge in [0.2, 0.25) is 0 Å². The largest absolute Gasteiger partial charge is 0.271 e. The third kappa shape index (κ3) is 3.50. The molecule has 0 fully saturated rings. The summed E-state index contributed by atoms with van der Waals surface area (Å²) in [5.41, 5.74) is 3.78. The minimum absolute atomic E-state index is 0.0303. The number of hydrazine groups is 1. The second-order valence-electron chi connectivity index (χ2n) is 4.28. The van der Waals surface area contributed by atoms with E-state index in [4.69, 9.17) is 29.0 Å². The quantitative estimate of drug-likeness (QED) is 0.635. The second kappa shape index (κ2) is 6.73. The Balaban J connectivity index is 2.24. The van der Waals surface area contributed by atoms with Gasteiger partial charge in [0.25, 0.3) is 0 Å². The van der Waals surface area contributed by atoms with E-state index in [0.29, 0.717) is 16.5 Å². The van der Waals surface area contributed by atoms with Gasteiger partial charge in [0, 0.05) is 19.8 Å². The minimum Gasteiger partial charge on any atom is -0.271 e. The van der Waals surface area contributed by atoms with E-state index >= 15 is 0 Å². The maximum atomic E-state index is 6.20. The van der Waals surface area contributed by atoms with E-state index in [1.807, 2.05) is 18.2 Å². The van der Waals surface area contributed by atoms with Gasteiger partial charge < -0.3 is 0 Å². The Morgan fingerprint density at radius 3 is 2.42 bits per heavy atom. The molecule has 0 aliphatic carbocycles. The first-order valence-electron chi connectivity index (χ1n) is 6.13. The van der Waals surface area contributed by atoms with Crippen LogP contribution in [0.4, 0.5) is 0 Å². The molecule has 0 spiro atoms. The number of hydrogen-bond acceptors (Lipinski definition) is 3. The summed E-state index contributed by atoms with van der Waals surface area (Å²) < 4.78 is 0. The monoisotopic (exact) mass is 314 g/mol. The predicted molar refractivity (Wildman–Crippen MR) is 83.9 cm³/mol. The van der Waals surface area contributed by atoms with Crippen molar-refractivity contribution >= 4 is 34.5 Å². The summed E-state index contributed by atoms with van der Waals surface area (Å²) in [6.45, 7) is 2.14. The Morgan fingerprint density at radius 2 is 1.89 bits per heavy atom. The Kier molecular flexibility index (Phi) is 5.25. The van der Waals surface area contributed by atoms with Crippen LogP contribution < -0.4 is 11.3 Å². The molecule has 5 heteroatoms. The summed E-state index contributed by atoms with van der Waals surface area (Å²) in [5.74, 6) is 5.67. The molecule has 0 bridgehead atoms. The molecule has 0 aliphatic rings. The maximum absolute atomic E-state index is 6.20. The Hall–Kier alpha value is -0.580. The van der Waals surface area contributed by atoms with Crippen molar-refractivity contribution in [3.63, 3.8) is 0 Å². The molecule has 0 aliphatic heterocycles. The lowest BCUT2D eigenvalue weighted by molar-refractivity contribution is 0.561. The van der Waals surface area contributed by atoms with Crippen LogP contribution in [0.25, 0.3) is 0 Å². The van der Waals surface area contributed by atoms with E-state index < -0.39 is 0 Å². The van der Waals surface area contributed by atoms with Gasteiger partial charge >= 0.3 is 0 Å². The van der Waals surface area contributed by atoms with Gasteiger partial charge in [0.15, 0.2) is 0 Å². The SMILES string of the molecule is CCc1ccc(C(Cc2c(Cl)cccc2Cl)NN)s1. The summed E-state index contributed by atoms with van der Waals surface area (Å²) in [7, 11) is 0. The number of benzene rings is 1. The van der Waals surface area contributed by atoms with Crippen LogP contribution in [0.2, 0.25) is 10.0 Å². The van der Waals surface area contributed by atoms with E-state index in [-0.39, 0.29) is 6.04 Å². The first-order valence-corrected chi connectivity index (χ1v) is 7.70. The zero-order chi connectivity index (χ0) is 13.8. The van der Waals surface area contributed by atoms with Crippen LogP contribution in [0.3, 0.4) is 0 Å². The fraction of sp³-hybridized carbons (Fsp3) is 0.286. The highest BCUT2D eigenvalue weighted by Gasteiger charge is 2.16. The zero-order valence-corrected chi connectivity index (χ0v) is 12.9. The second-order valence-corrected chi connectivity index (χ2v) is 6.30. The highest BCUT2D eigenvalue weighted by molar-refractivity contribution is 7.12. The average molecular weight is 315 g/mol. The van der Waals surface area contributed by atoms with Gasteiger partial charge in [-0.2, -0.15) is 0 Å². The van der Waals surface area contributed by atoms with Gasteiger partial charge in [0.05, 0.1) is 6.04 Å². The van der Waals surface area contributed by atoms with E-state index in [1.54, 1.807) is 11.3 Å². The van der Waals surface area contributed by atoms with E-state index in [1.165, 1.54) is 9.75 Å². The van der Waals surface area contributed by atoms with Crippen LogP contribution in [0.5, 0.6) is 0 Å². The molecule has 1 heterocycles. The normalized spacial score (nSPS) is 12.6. The summed E-state index contributed by atoms with van der Waals surface area (Å²) in [6, 6.07) is 9.82. The van der Waals surface area contributed by atoms with Gasteiger partial charge in [-0.05, 0) is 42.7 Å². The summed E-state index contributed by atoms with van der Waals surface area (Å²) in [5, 5.41) is 1.36. The van der Waals surface area contributed by atoms with Crippen molar-refractivity contribution in [1.29, 1.82) is 0 Å². The average Bonchev–Trinajstić information content (AvgIpc) is 2.87. The summed E-state index contributed by atoms with van der Waals surface area (Å²) in [4.78, 5) is 2.55. The molecular formula is C14H16Cl2N2S. The van der Waals surface area contributed by atoms with Crippen molar-refractivity contribution in [2.45, 2.75) is 25.8 Å². The lowest BCUT2D eigenvalue weighted by Crippen LogP contribution is -2.29. The van der Waals surface area contributed by atoms with Crippen LogP contribution >= 0.6 is 34.5 Å². The predicted octanol–water partition coefficient (Wildman–Crippen LogP) is 4.36. The number of thiophene rings is 1. The highest BCUT2D eigenvalue weighted by Crippen LogP contribution is 2.31. The number of halogens is 2. The molecule has 102 valence electrons. The van der Waals surface area contributed by atoms with E-state index in [0.717, 1.165) is 12.0 Å². The molecule has 1 unspecified atom stereocenters. The number of hydrogen-bond donors (Lipinski definition) is 2. The molecule has 2 nitrogen and oxygen atoms in total. The van der Waals surface area contributed by atoms with E-state index in [9.17, 15) is 0 Å². The van der Waals surface area contributed by atoms with Gasteiger partial charge in [-0.15, -0.1) is 11.3 Å². The van der Waals surface area contributed by atoms with Gasteiger partial charge in [-0.3, -0.25) is 11.3 Å². The standard InChI is InChI=1S/C14H16Cl2N2S/c1-2-9-6-7-14(19-9)13(18-17)8-10-11(15)4-3-5-12(10)16/h3-7,13,18H,2,8,17H2,1H3. The topological polar surface area (TPSA) is 38.0 Å². The molecule has 2 aromatic rings. The Bertz CT molecular complexity index is 534. The molecule has 1 aromatic carbocycles. The first-order chi connectivity index (χ1) is 9.15. The molecule has 0 amide bonds. The summed E-state index contributed by atoms with van der Waals surface area (Å²) >= 11 is 14.2. The number of nitrogens with two attached hydrogens (primary N) is 1. The molecule has 3 N–H and O–H groups in total. The molecule has 1 aromatic heterocycles. The molecular weight excluding hydrogens is 299 g/mol. The van der Waals surface area contributed by atoms with Gasteiger partial charge in [0.1, 0.15) is 0 Å². The fourth-order valence-electron chi connectivity index (χ4n) is 1.94. The third-order valence-corrected chi connectivity index (χ3v) is 5.10. The first kappa shape index (κ1) is 14.8. The summed E-state index contributed by atoms with van der Waals surface area (Å²) in [6.07, 6.45) is 1.72.